The van der Waals surface area contributed by atoms with Crippen molar-refractivity contribution in [1.82, 2.24) is 0 Å². The molecule has 4 rings (SSSR count). The minimum Gasteiger partial charge on any atom is -0.258 e. The third-order valence-electron chi connectivity index (χ3n) is 5.32. The van der Waals surface area contributed by atoms with E-state index < -0.39 is 9.85 Å². The molecule has 0 aromatic heterocycles. The van der Waals surface area contributed by atoms with E-state index in [4.69, 9.17) is 0 Å². The molecule has 0 fully saturated rings. The highest BCUT2D eigenvalue weighted by atomic mass is 79.9. The average molecular weight is 568 g/mol. The van der Waals surface area contributed by atoms with Crippen molar-refractivity contribution in [2.24, 2.45) is 0 Å². The third kappa shape index (κ3) is 4.86. The summed E-state index contributed by atoms with van der Waals surface area (Å²) in [6, 6.07) is 25.7. The van der Waals surface area contributed by atoms with Crippen LogP contribution in [0.2, 0.25) is 0 Å². The first-order valence-electron chi connectivity index (χ1n) is 9.89. The van der Waals surface area contributed by atoms with Crippen LogP contribution in [0.25, 0.3) is 22.3 Å². The maximum atomic E-state index is 11.4. The van der Waals surface area contributed by atoms with Gasteiger partial charge in [0.2, 0.25) is 0 Å². The zero-order chi connectivity index (χ0) is 23.5. The molecule has 4 aromatic carbocycles. The van der Waals surface area contributed by atoms with Crippen LogP contribution in [0.3, 0.4) is 0 Å². The summed E-state index contributed by atoms with van der Waals surface area (Å²) in [6.45, 7) is 0. The Bertz CT molecular complexity index is 1280. The Morgan fingerprint density at radius 2 is 1.00 bits per heavy atom. The molecule has 0 aliphatic carbocycles. The molecule has 164 valence electrons. The topological polar surface area (TPSA) is 86.3 Å². The van der Waals surface area contributed by atoms with Gasteiger partial charge in [0.05, 0.1) is 18.8 Å². The Labute approximate surface area is 206 Å². The fraction of sp³-hybridized carbons (Fsp3) is 0.0400. The number of nitro groups is 2. The fourth-order valence-electron chi connectivity index (χ4n) is 3.76. The molecule has 0 heterocycles. The van der Waals surface area contributed by atoms with Gasteiger partial charge in [-0.3, -0.25) is 20.2 Å². The minimum atomic E-state index is -0.411. The van der Waals surface area contributed by atoms with Gasteiger partial charge in [0, 0.05) is 12.1 Å². The van der Waals surface area contributed by atoms with Crippen LogP contribution in [0, 0.1) is 20.2 Å². The quantitative estimate of drug-likeness (QED) is 0.175. The molecule has 0 N–H and O–H groups in total. The average Bonchev–Trinajstić information content (AvgIpc) is 2.80. The Morgan fingerprint density at radius 3 is 1.39 bits per heavy atom. The molecule has 0 aliphatic rings. The molecule has 0 saturated carbocycles. The Morgan fingerprint density at radius 1 is 0.606 bits per heavy atom. The van der Waals surface area contributed by atoms with Crippen molar-refractivity contribution in [2.45, 2.75) is 6.42 Å². The molecule has 0 unspecified atom stereocenters. The summed E-state index contributed by atoms with van der Waals surface area (Å²) in [5.74, 6) is 0. The van der Waals surface area contributed by atoms with Crippen molar-refractivity contribution >= 4 is 43.2 Å². The van der Waals surface area contributed by atoms with Gasteiger partial charge in [-0.25, -0.2) is 0 Å². The standard InChI is InChI=1S/C25H16Br2N2O4/c26-22-11-9-18(14-24(22)28(30)31)20-7-3-1-5-16(20)13-17-6-2-4-8-21(17)19-10-12-23(27)25(15-19)29(32)33/h1-12,14-15H,13H2. The van der Waals surface area contributed by atoms with Crippen molar-refractivity contribution in [3.05, 3.63) is 125 Å². The number of hydrogen-bond donors (Lipinski definition) is 0. The van der Waals surface area contributed by atoms with Crippen molar-refractivity contribution < 1.29 is 9.85 Å². The SMILES string of the molecule is O=[N+]([O-])c1cc(-c2ccccc2Cc2ccccc2-c2ccc(Br)c([N+](=O)[O-])c2)ccc1Br. The second-order valence-corrected chi connectivity index (χ2v) is 9.05. The van der Waals surface area contributed by atoms with Crippen LogP contribution in [0.1, 0.15) is 11.1 Å². The molecule has 0 atom stereocenters. The summed E-state index contributed by atoms with van der Waals surface area (Å²) < 4.78 is 0.854. The highest BCUT2D eigenvalue weighted by Gasteiger charge is 2.17. The van der Waals surface area contributed by atoms with Crippen LogP contribution < -0.4 is 0 Å². The molecule has 8 heteroatoms. The van der Waals surface area contributed by atoms with Gasteiger partial charge in [-0.2, -0.15) is 0 Å². The summed E-state index contributed by atoms with van der Waals surface area (Å²) in [5, 5.41) is 22.8. The largest absolute Gasteiger partial charge is 0.284 e. The molecule has 4 aromatic rings. The van der Waals surface area contributed by atoms with Gasteiger partial charge in [-0.1, -0.05) is 60.7 Å². The second kappa shape index (κ2) is 9.64. The maximum absolute atomic E-state index is 11.4. The first-order chi connectivity index (χ1) is 15.8. The highest BCUT2D eigenvalue weighted by Crippen LogP contribution is 2.36. The van der Waals surface area contributed by atoms with Gasteiger partial charge in [0.1, 0.15) is 0 Å². The van der Waals surface area contributed by atoms with E-state index in [2.05, 4.69) is 31.9 Å². The van der Waals surface area contributed by atoms with E-state index in [-0.39, 0.29) is 11.4 Å². The lowest BCUT2D eigenvalue weighted by atomic mass is 9.91. The summed E-state index contributed by atoms with van der Waals surface area (Å²) in [4.78, 5) is 22.0. The summed E-state index contributed by atoms with van der Waals surface area (Å²) in [6.07, 6.45) is 0.556. The van der Waals surface area contributed by atoms with E-state index in [0.29, 0.717) is 15.4 Å². The molecule has 0 saturated heterocycles. The summed E-state index contributed by atoms with van der Waals surface area (Å²) >= 11 is 6.48. The maximum Gasteiger partial charge on any atom is 0.284 e. The van der Waals surface area contributed by atoms with E-state index in [0.717, 1.165) is 33.4 Å². The van der Waals surface area contributed by atoms with Crippen LogP contribution in [0.15, 0.2) is 93.9 Å². The number of hydrogen-bond acceptors (Lipinski definition) is 4. The first-order valence-corrected chi connectivity index (χ1v) is 11.5. The lowest BCUT2D eigenvalue weighted by molar-refractivity contribution is -0.385. The second-order valence-electron chi connectivity index (χ2n) is 7.34. The first kappa shape index (κ1) is 22.8. The fourth-order valence-corrected chi connectivity index (χ4v) is 4.54. The molecule has 0 radical (unpaired) electrons. The van der Waals surface area contributed by atoms with Crippen molar-refractivity contribution in [3.8, 4) is 22.3 Å². The normalized spacial score (nSPS) is 10.7. The van der Waals surface area contributed by atoms with Crippen molar-refractivity contribution in [1.29, 1.82) is 0 Å². The van der Waals surface area contributed by atoms with E-state index in [9.17, 15) is 20.2 Å². The van der Waals surface area contributed by atoms with Gasteiger partial charge in [0.25, 0.3) is 11.4 Å². The summed E-state index contributed by atoms with van der Waals surface area (Å²) in [5.41, 5.74) is 5.28. The molecule has 6 nitrogen and oxygen atoms in total. The zero-order valence-corrected chi connectivity index (χ0v) is 20.2. The van der Waals surface area contributed by atoms with E-state index in [1.165, 1.54) is 0 Å². The lowest BCUT2D eigenvalue weighted by Crippen LogP contribution is -1.97. The van der Waals surface area contributed by atoms with Gasteiger partial charge in [-0.15, -0.1) is 0 Å². The zero-order valence-electron chi connectivity index (χ0n) is 17.1. The van der Waals surface area contributed by atoms with Gasteiger partial charge >= 0.3 is 0 Å². The van der Waals surface area contributed by atoms with Crippen LogP contribution in [0.5, 0.6) is 0 Å². The smallest absolute Gasteiger partial charge is 0.258 e. The van der Waals surface area contributed by atoms with E-state index >= 15 is 0 Å². The molecular weight excluding hydrogens is 552 g/mol. The predicted octanol–water partition coefficient (Wildman–Crippen LogP) is 7.95. The lowest BCUT2D eigenvalue weighted by Gasteiger charge is -2.14. The summed E-state index contributed by atoms with van der Waals surface area (Å²) in [7, 11) is 0. The Balaban J connectivity index is 1.78. The van der Waals surface area contributed by atoms with Crippen LogP contribution in [-0.2, 0) is 6.42 Å². The van der Waals surface area contributed by atoms with Crippen molar-refractivity contribution in [3.63, 3.8) is 0 Å². The van der Waals surface area contributed by atoms with Crippen LogP contribution in [-0.4, -0.2) is 9.85 Å². The van der Waals surface area contributed by atoms with Crippen molar-refractivity contribution in [2.75, 3.05) is 0 Å². The van der Waals surface area contributed by atoms with Crippen LogP contribution >= 0.6 is 31.9 Å². The van der Waals surface area contributed by atoms with Gasteiger partial charge in [0.15, 0.2) is 0 Å². The number of halogens is 2. The minimum absolute atomic E-state index is 0.00451. The molecular formula is C25H16Br2N2O4. The molecule has 0 amide bonds. The predicted molar refractivity (Wildman–Crippen MR) is 135 cm³/mol. The highest BCUT2D eigenvalue weighted by molar-refractivity contribution is 9.11. The number of benzene rings is 4. The van der Waals surface area contributed by atoms with E-state index in [1.54, 1.807) is 24.3 Å². The van der Waals surface area contributed by atoms with E-state index in [1.807, 2.05) is 60.7 Å². The number of nitro benzene ring substituents is 2. The molecule has 0 spiro atoms. The molecule has 33 heavy (non-hydrogen) atoms. The van der Waals surface area contributed by atoms with Gasteiger partial charge in [-0.05, 0) is 83.8 Å². The third-order valence-corrected chi connectivity index (χ3v) is 6.66. The Kier molecular flexibility index (Phi) is 6.67. The number of rotatable bonds is 6. The van der Waals surface area contributed by atoms with Gasteiger partial charge < -0.3 is 0 Å². The molecule has 0 aliphatic heterocycles. The molecule has 0 bridgehead atoms. The van der Waals surface area contributed by atoms with Crippen LogP contribution in [0.4, 0.5) is 11.4 Å². The monoisotopic (exact) mass is 566 g/mol. The Hall–Kier alpha value is -3.36. The number of nitrogens with zero attached hydrogens (tertiary/aromatic N) is 2.